The van der Waals surface area contributed by atoms with Crippen molar-refractivity contribution >= 4 is 5.97 Å². The Balaban J connectivity index is 2.46. The summed E-state index contributed by atoms with van der Waals surface area (Å²) < 4.78 is 5.03. The Labute approximate surface area is 90.4 Å². The molecule has 1 rings (SSSR count). The van der Waals surface area contributed by atoms with Gasteiger partial charge in [-0.3, -0.25) is 9.69 Å². The average molecular weight is 216 g/mol. The highest BCUT2D eigenvalue weighted by atomic mass is 16.5. The Morgan fingerprint density at radius 2 is 2.47 bits per heavy atom. The average Bonchev–Trinajstić information content (AvgIpc) is 2.40. The predicted octanol–water partition coefficient (Wildman–Crippen LogP) is -0.229. The molecule has 0 aliphatic carbocycles. The summed E-state index contributed by atoms with van der Waals surface area (Å²) in [6.07, 6.45) is 1.27. The van der Waals surface area contributed by atoms with Crippen molar-refractivity contribution in [1.29, 1.82) is 0 Å². The monoisotopic (exact) mass is 216 g/mol. The molecule has 1 heterocycles. The number of ether oxygens (including phenoxy) is 1. The third-order valence-electron chi connectivity index (χ3n) is 2.69. The minimum atomic E-state index is -0.730. The van der Waals surface area contributed by atoms with Gasteiger partial charge in [0.2, 0.25) is 0 Å². The first kappa shape index (κ1) is 12.4. The number of hydrogen-bond acceptors (Lipinski definition) is 4. The van der Waals surface area contributed by atoms with Gasteiger partial charge in [0, 0.05) is 26.2 Å². The van der Waals surface area contributed by atoms with Gasteiger partial charge < -0.3 is 15.2 Å². The van der Waals surface area contributed by atoms with Gasteiger partial charge in [0.1, 0.15) is 0 Å². The molecule has 0 spiro atoms. The van der Waals surface area contributed by atoms with E-state index in [9.17, 15) is 4.79 Å². The predicted molar refractivity (Wildman–Crippen MR) is 57.0 cm³/mol. The largest absolute Gasteiger partial charge is 0.481 e. The standard InChI is InChI=1S/C10H20N2O3/c1-15-6-5-12-4-2-3-11-8-9(12)7-10(13)14/h9,11H,2-8H2,1H3,(H,13,14). The molecule has 1 unspecified atom stereocenters. The molecule has 0 aromatic rings. The minimum Gasteiger partial charge on any atom is -0.481 e. The van der Waals surface area contributed by atoms with E-state index < -0.39 is 5.97 Å². The molecule has 2 N–H and O–H groups in total. The van der Waals surface area contributed by atoms with Crippen molar-refractivity contribution in [3.63, 3.8) is 0 Å². The number of carboxylic acids is 1. The van der Waals surface area contributed by atoms with Crippen LogP contribution >= 0.6 is 0 Å². The Bertz CT molecular complexity index is 199. The van der Waals surface area contributed by atoms with Gasteiger partial charge >= 0.3 is 5.97 Å². The Hall–Kier alpha value is -0.650. The fraction of sp³-hybridized carbons (Fsp3) is 0.900. The minimum absolute atomic E-state index is 0.0974. The maximum atomic E-state index is 10.7. The summed E-state index contributed by atoms with van der Waals surface area (Å²) in [6, 6.07) is 0.0974. The molecule has 0 radical (unpaired) electrons. The van der Waals surface area contributed by atoms with Crippen LogP contribution < -0.4 is 5.32 Å². The van der Waals surface area contributed by atoms with Gasteiger partial charge in [0.25, 0.3) is 0 Å². The summed E-state index contributed by atoms with van der Waals surface area (Å²) in [5.74, 6) is -0.730. The molecule has 0 amide bonds. The first-order valence-electron chi connectivity index (χ1n) is 5.39. The highest BCUT2D eigenvalue weighted by Gasteiger charge is 2.22. The Kier molecular flexibility index (Phi) is 5.60. The summed E-state index contributed by atoms with van der Waals surface area (Å²) in [5.41, 5.74) is 0. The number of methoxy groups -OCH3 is 1. The molecular formula is C10H20N2O3. The lowest BCUT2D eigenvalue weighted by Crippen LogP contribution is -2.42. The SMILES string of the molecule is COCCN1CCCNCC1CC(=O)O. The van der Waals surface area contributed by atoms with Crippen molar-refractivity contribution < 1.29 is 14.6 Å². The van der Waals surface area contributed by atoms with Crippen LogP contribution in [0, 0.1) is 0 Å². The van der Waals surface area contributed by atoms with Gasteiger partial charge in [-0.25, -0.2) is 0 Å². The second-order valence-corrected chi connectivity index (χ2v) is 3.84. The molecule has 88 valence electrons. The quantitative estimate of drug-likeness (QED) is 0.665. The summed E-state index contributed by atoms with van der Waals surface area (Å²) in [7, 11) is 1.67. The van der Waals surface area contributed by atoms with Crippen LogP contribution in [-0.2, 0) is 9.53 Å². The highest BCUT2D eigenvalue weighted by molar-refractivity contribution is 5.67. The van der Waals surface area contributed by atoms with Crippen molar-refractivity contribution in [3.8, 4) is 0 Å². The second-order valence-electron chi connectivity index (χ2n) is 3.84. The molecule has 1 atom stereocenters. The van der Waals surface area contributed by atoms with E-state index in [1.165, 1.54) is 0 Å². The van der Waals surface area contributed by atoms with Crippen molar-refractivity contribution in [1.82, 2.24) is 10.2 Å². The Morgan fingerprint density at radius 3 is 3.13 bits per heavy atom. The third-order valence-corrected chi connectivity index (χ3v) is 2.69. The zero-order valence-corrected chi connectivity index (χ0v) is 9.24. The molecule has 0 aromatic heterocycles. The smallest absolute Gasteiger partial charge is 0.304 e. The number of hydrogen-bond donors (Lipinski definition) is 2. The number of nitrogens with one attached hydrogen (secondary N) is 1. The second kappa shape index (κ2) is 6.76. The zero-order chi connectivity index (χ0) is 11.1. The number of aliphatic carboxylic acids is 1. The van der Waals surface area contributed by atoms with E-state index in [-0.39, 0.29) is 12.5 Å². The number of carbonyl (C=O) groups is 1. The molecule has 1 aliphatic heterocycles. The molecule has 0 bridgehead atoms. The van der Waals surface area contributed by atoms with Gasteiger partial charge in [-0.05, 0) is 19.5 Å². The zero-order valence-electron chi connectivity index (χ0n) is 9.24. The van der Waals surface area contributed by atoms with E-state index in [1.54, 1.807) is 7.11 Å². The molecule has 0 saturated carbocycles. The van der Waals surface area contributed by atoms with Gasteiger partial charge in [-0.15, -0.1) is 0 Å². The number of carboxylic acid groups (broad SMARTS) is 1. The lowest BCUT2D eigenvalue weighted by Gasteiger charge is -2.28. The van der Waals surface area contributed by atoms with E-state index in [1.807, 2.05) is 0 Å². The maximum absolute atomic E-state index is 10.7. The molecule has 15 heavy (non-hydrogen) atoms. The van der Waals surface area contributed by atoms with E-state index in [2.05, 4.69) is 10.2 Å². The molecule has 5 heteroatoms. The first-order chi connectivity index (χ1) is 7.24. The summed E-state index contributed by atoms with van der Waals surface area (Å²) in [6.45, 7) is 4.16. The molecule has 0 aromatic carbocycles. The van der Waals surface area contributed by atoms with Gasteiger partial charge in [0.15, 0.2) is 0 Å². The summed E-state index contributed by atoms with van der Waals surface area (Å²) >= 11 is 0. The normalized spacial score (nSPS) is 23.7. The van der Waals surface area contributed by atoms with Crippen molar-refractivity contribution in [2.75, 3.05) is 39.9 Å². The third kappa shape index (κ3) is 4.59. The van der Waals surface area contributed by atoms with Gasteiger partial charge in [0.05, 0.1) is 13.0 Å². The first-order valence-corrected chi connectivity index (χ1v) is 5.39. The molecule has 1 saturated heterocycles. The van der Waals surface area contributed by atoms with Crippen LogP contribution in [0.2, 0.25) is 0 Å². The topological polar surface area (TPSA) is 61.8 Å². The van der Waals surface area contributed by atoms with E-state index in [4.69, 9.17) is 9.84 Å². The number of nitrogens with zero attached hydrogens (tertiary/aromatic N) is 1. The maximum Gasteiger partial charge on any atom is 0.304 e. The summed E-state index contributed by atoms with van der Waals surface area (Å²) in [4.78, 5) is 12.9. The van der Waals surface area contributed by atoms with Crippen molar-refractivity contribution in [3.05, 3.63) is 0 Å². The molecule has 5 nitrogen and oxygen atoms in total. The van der Waals surface area contributed by atoms with Crippen LogP contribution in [0.5, 0.6) is 0 Å². The molecule has 1 aliphatic rings. The van der Waals surface area contributed by atoms with Gasteiger partial charge in [-0.2, -0.15) is 0 Å². The van der Waals surface area contributed by atoms with Gasteiger partial charge in [-0.1, -0.05) is 0 Å². The van der Waals surface area contributed by atoms with Crippen LogP contribution in [0.4, 0.5) is 0 Å². The molecular weight excluding hydrogens is 196 g/mol. The molecule has 1 fully saturated rings. The summed E-state index contributed by atoms with van der Waals surface area (Å²) in [5, 5.41) is 12.1. The Morgan fingerprint density at radius 1 is 1.67 bits per heavy atom. The lowest BCUT2D eigenvalue weighted by molar-refractivity contribution is -0.138. The number of rotatable bonds is 5. The van der Waals surface area contributed by atoms with Crippen LogP contribution in [0.15, 0.2) is 0 Å². The van der Waals surface area contributed by atoms with Crippen LogP contribution in [-0.4, -0.2) is 61.9 Å². The van der Waals surface area contributed by atoms with Crippen LogP contribution in [0.3, 0.4) is 0 Å². The fourth-order valence-electron chi connectivity index (χ4n) is 1.89. The van der Waals surface area contributed by atoms with E-state index >= 15 is 0 Å². The van der Waals surface area contributed by atoms with Crippen LogP contribution in [0.25, 0.3) is 0 Å². The van der Waals surface area contributed by atoms with Crippen molar-refractivity contribution in [2.45, 2.75) is 18.9 Å². The fourth-order valence-corrected chi connectivity index (χ4v) is 1.89. The van der Waals surface area contributed by atoms with E-state index in [0.29, 0.717) is 6.61 Å². The van der Waals surface area contributed by atoms with E-state index in [0.717, 1.165) is 32.6 Å². The lowest BCUT2D eigenvalue weighted by atomic mass is 10.1. The highest BCUT2D eigenvalue weighted by Crippen LogP contribution is 2.07. The van der Waals surface area contributed by atoms with Crippen LogP contribution in [0.1, 0.15) is 12.8 Å². The van der Waals surface area contributed by atoms with Crippen molar-refractivity contribution in [2.24, 2.45) is 0 Å².